The summed E-state index contributed by atoms with van der Waals surface area (Å²) >= 11 is 3.65. The van der Waals surface area contributed by atoms with Crippen LogP contribution in [-0.4, -0.2) is 22.1 Å². The molecule has 1 aromatic rings. The number of hydrogen-bond acceptors (Lipinski definition) is 3. The molecule has 0 bridgehead atoms. The summed E-state index contributed by atoms with van der Waals surface area (Å²) in [6.45, 7) is -0.750. The minimum Gasteiger partial charge on any atom is -0.371 e. The molecule has 0 saturated carbocycles. The molecule has 0 aromatic heterocycles. The highest BCUT2D eigenvalue weighted by atomic mass is 32.1. The number of hydrogen-bond donors (Lipinski definition) is 3. The molecule has 4 heteroatoms. The summed E-state index contributed by atoms with van der Waals surface area (Å²) in [5.41, 5.74) is 0.640. The predicted octanol–water partition coefficient (Wildman–Crippen LogP) is 0.685. The highest BCUT2D eigenvalue weighted by Crippen LogP contribution is 2.00. The third kappa shape index (κ3) is 4.90. The van der Waals surface area contributed by atoms with Crippen molar-refractivity contribution in [3.63, 3.8) is 0 Å². The molecule has 0 heterocycles. The molecule has 0 aliphatic rings. The lowest BCUT2D eigenvalue weighted by atomic mass is 10.2. The van der Waals surface area contributed by atoms with Crippen molar-refractivity contribution in [2.24, 2.45) is 0 Å². The van der Waals surface area contributed by atoms with Crippen LogP contribution < -0.4 is 0 Å². The van der Waals surface area contributed by atoms with Gasteiger partial charge in [-0.3, -0.25) is 4.79 Å². The zero-order valence-electron chi connectivity index (χ0n) is 6.34. The molecule has 0 spiro atoms. The van der Waals surface area contributed by atoms with Crippen molar-refractivity contribution in [3.05, 3.63) is 35.9 Å². The van der Waals surface area contributed by atoms with E-state index in [9.17, 15) is 4.79 Å². The molecule has 2 N–H and O–H groups in total. The van der Waals surface area contributed by atoms with Gasteiger partial charge in [0.1, 0.15) is 6.79 Å². The van der Waals surface area contributed by atoms with Crippen LogP contribution in [0.25, 0.3) is 0 Å². The first kappa shape index (κ1) is 11.2. The van der Waals surface area contributed by atoms with E-state index in [4.69, 9.17) is 10.2 Å². The Morgan fingerprint density at radius 3 is 1.92 bits per heavy atom. The SMILES string of the molecule is O=C(S)c1ccccc1.OCO. The van der Waals surface area contributed by atoms with E-state index in [1.54, 1.807) is 12.1 Å². The number of rotatable bonds is 1. The van der Waals surface area contributed by atoms with Gasteiger partial charge >= 0.3 is 0 Å². The van der Waals surface area contributed by atoms with Crippen LogP contribution >= 0.6 is 12.6 Å². The smallest absolute Gasteiger partial charge is 0.216 e. The second kappa shape index (κ2) is 6.84. The first-order valence-electron chi connectivity index (χ1n) is 3.22. The lowest BCUT2D eigenvalue weighted by molar-refractivity contribution is 0.0773. The second-order valence-corrected chi connectivity index (χ2v) is 2.22. The van der Waals surface area contributed by atoms with Gasteiger partial charge < -0.3 is 10.2 Å². The van der Waals surface area contributed by atoms with Gasteiger partial charge in [-0.1, -0.05) is 30.3 Å². The number of aliphatic hydroxyl groups is 2. The zero-order chi connectivity index (χ0) is 9.40. The fourth-order valence-corrected chi connectivity index (χ4v) is 0.730. The van der Waals surface area contributed by atoms with E-state index in [0.717, 1.165) is 0 Å². The molecule has 0 unspecified atom stereocenters. The predicted molar refractivity (Wildman–Crippen MR) is 49.1 cm³/mol. The molecule has 0 radical (unpaired) electrons. The Bertz CT molecular complexity index is 223. The van der Waals surface area contributed by atoms with Crippen molar-refractivity contribution in [2.45, 2.75) is 0 Å². The Morgan fingerprint density at radius 1 is 1.25 bits per heavy atom. The van der Waals surface area contributed by atoms with Crippen LogP contribution in [-0.2, 0) is 0 Å². The van der Waals surface area contributed by atoms with Crippen LogP contribution in [0.1, 0.15) is 10.4 Å². The van der Waals surface area contributed by atoms with E-state index in [0.29, 0.717) is 5.56 Å². The average molecular weight is 186 g/mol. The van der Waals surface area contributed by atoms with Gasteiger partial charge in [-0.2, -0.15) is 0 Å². The highest BCUT2D eigenvalue weighted by Gasteiger charge is 1.94. The topological polar surface area (TPSA) is 57.5 Å². The molecule has 0 aliphatic carbocycles. The summed E-state index contributed by atoms with van der Waals surface area (Å²) in [6, 6.07) is 8.94. The first-order chi connectivity index (χ1) is 5.72. The van der Waals surface area contributed by atoms with Crippen molar-refractivity contribution < 1.29 is 15.0 Å². The summed E-state index contributed by atoms with van der Waals surface area (Å²) in [5.74, 6) is 0. The molecule has 0 aliphatic heterocycles. The lowest BCUT2D eigenvalue weighted by Crippen LogP contribution is -1.84. The van der Waals surface area contributed by atoms with Crippen molar-refractivity contribution >= 4 is 17.7 Å². The van der Waals surface area contributed by atoms with Crippen molar-refractivity contribution in [1.82, 2.24) is 0 Å². The van der Waals surface area contributed by atoms with Gasteiger partial charge in [0.15, 0.2) is 0 Å². The maximum atomic E-state index is 10.5. The zero-order valence-corrected chi connectivity index (χ0v) is 7.24. The molecular formula is C8H10O3S. The minimum absolute atomic E-state index is 0.185. The number of carbonyl (C=O) groups excluding carboxylic acids is 1. The van der Waals surface area contributed by atoms with E-state index in [1.165, 1.54) is 0 Å². The second-order valence-electron chi connectivity index (χ2n) is 1.81. The average Bonchev–Trinajstić information content (AvgIpc) is 2.07. The van der Waals surface area contributed by atoms with E-state index >= 15 is 0 Å². The van der Waals surface area contributed by atoms with E-state index in [1.807, 2.05) is 18.2 Å². The third-order valence-electron chi connectivity index (χ3n) is 1.02. The Kier molecular flexibility index (Phi) is 6.37. The number of benzene rings is 1. The first-order valence-corrected chi connectivity index (χ1v) is 3.67. The van der Waals surface area contributed by atoms with E-state index in [2.05, 4.69) is 12.6 Å². The Balaban J connectivity index is 0.000000354. The van der Waals surface area contributed by atoms with Crippen molar-refractivity contribution in [2.75, 3.05) is 6.79 Å². The molecule has 66 valence electrons. The molecule has 1 rings (SSSR count). The quantitative estimate of drug-likeness (QED) is 0.446. The van der Waals surface area contributed by atoms with Crippen LogP contribution in [0.4, 0.5) is 0 Å². The highest BCUT2D eigenvalue weighted by molar-refractivity contribution is 7.97. The van der Waals surface area contributed by atoms with E-state index in [-0.39, 0.29) is 5.12 Å². The molecular weight excluding hydrogens is 176 g/mol. The van der Waals surface area contributed by atoms with Crippen LogP contribution in [0.3, 0.4) is 0 Å². The maximum Gasteiger partial charge on any atom is 0.216 e. The summed E-state index contributed by atoms with van der Waals surface area (Å²) in [6.07, 6.45) is 0. The molecule has 0 fully saturated rings. The minimum atomic E-state index is -0.750. The molecule has 3 nitrogen and oxygen atoms in total. The molecule has 12 heavy (non-hydrogen) atoms. The third-order valence-corrected chi connectivity index (χ3v) is 1.28. The summed E-state index contributed by atoms with van der Waals surface area (Å²) in [7, 11) is 0. The molecule has 1 aromatic carbocycles. The largest absolute Gasteiger partial charge is 0.371 e. The van der Waals surface area contributed by atoms with Gasteiger partial charge in [-0.15, -0.1) is 12.6 Å². The summed E-state index contributed by atoms with van der Waals surface area (Å²) < 4.78 is 0. The van der Waals surface area contributed by atoms with Crippen LogP contribution in [0.2, 0.25) is 0 Å². The van der Waals surface area contributed by atoms with Crippen molar-refractivity contribution in [1.29, 1.82) is 0 Å². The van der Waals surface area contributed by atoms with Crippen LogP contribution in [0.15, 0.2) is 30.3 Å². The van der Waals surface area contributed by atoms with Crippen LogP contribution in [0.5, 0.6) is 0 Å². The summed E-state index contributed by atoms with van der Waals surface area (Å²) in [4.78, 5) is 10.5. The fourth-order valence-electron chi connectivity index (χ4n) is 0.581. The molecule has 0 amide bonds. The number of aliphatic hydroxyl groups excluding tert-OH is 1. The van der Waals surface area contributed by atoms with Gasteiger partial charge in [-0.05, 0) is 0 Å². The van der Waals surface area contributed by atoms with Gasteiger partial charge in [0.25, 0.3) is 0 Å². The van der Waals surface area contributed by atoms with Gasteiger partial charge in [-0.25, -0.2) is 0 Å². The van der Waals surface area contributed by atoms with Crippen molar-refractivity contribution in [3.8, 4) is 0 Å². The van der Waals surface area contributed by atoms with E-state index < -0.39 is 6.79 Å². The Morgan fingerprint density at radius 2 is 1.67 bits per heavy atom. The van der Waals surface area contributed by atoms with Gasteiger partial charge in [0.05, 0.1) is 0 Å². The standard InChI is InChI=1S/C7H6OS.CH4O2/c8-7(9)6-4-2-1-3-5-6;2-1-3/h1-5H,(H,8,9);2-3H,1H2. The number of carbonyl (C=O) groups is 1. The lowest BCUT2D eigenvalue weighted by Gasteiger charge is -1.88. The summed E-state index contributed by atoms with van der Waals surface area (Å²) in [5, 5.41) is 14.1. The Labute approximate surface area is 76.1 Å². The monoisotopic (exact) mass is 186 g/mol. The maximum absolute atomic E-state index is 10.5. The Hall–Kier alpha value is -0.840. The fraction of sp³-hybridized carbons (Fsp3) is 0.125. The van der Waals surface area contributed by atoms with Gasteiger partial charge in [0.2, 0.25) is 5.12 Å². The van der Waals surface area contributed by atoms with Gasteiger partial charge in [0, 0.05) is 5.56 Å². The number of thiol groups is 1. The molecule has 0 atom stereocenters. The molecule has 0 saturated heterocycles. The normalized spacial score (nSPS) is 8.25. The van der Waals surface area contributed by atoms with Crippen LogP contribution in [0, 0.1) is 0 Å².